The van der Waals surface area contributed by atoms with Crippen molar-refractivity contribution < 1.29 is 49.7 Å². The van der Waals surface area contributed by atoms with Crippen molar-refractivity contribution in [1.29, 1.82) is 0 Å². The number of carbonyl (C=O) groups is 2. The zero-order valence-corrected chi connectivity index (χ0v) is 22.9. The van der Waals surface area contributed by atoms with Gasteiger partial charge in [0.15, 0.2) is 11.6 Å². The predicted molar refractivity (Wildman–Crippen MR) is 145 cm³/mol. The lowest BCUT2D eigenvalue weighted by atomic mass is 9.69. The molecule has 0 radical (unpaired) electrons. The maximum Gasteiger partial charge on any atom is 0.229 e. The fraction of sp³-hybridized carbons (Fsp3) is 0.600. The van der Waals surface area contributed by atoms with Gasteiger partial charge in [-0.1, -0.05) is 18.2 Å². The van der Waals surface area contributed by atoms with Crippen LogP contribution in [0.3, 0.4) is 0 Å². The van der Waals surface area contributed by atoms with Gasteiger partial charge in [0.1, 0.15) is 35.9 Å². The lowest BCUT2D eigenvalue weighted by molar-refractivity contribution is -0.277. The van der Waals surface area contributed by atoms with Crippen LogP contribution in [0.5, 0.6) is 5.75 Å². The number of hydrogen-bond donors (Lipinski definition) is 7. The molecule has 5 rings (SSSR count). The van der Waals surface area contributed by atoms with Crippen molar-refractivity contribution in [3.05, 3.63) is 52.8 Å². The summed E-state index contributed by atoms with van der Waals surface area (Å²) in [5, 5.41) is 63.9. The lowest BCUT2D eigenvalue weighted by Gasteiger charge is -2.40. The Hall–Kier alpha value is -2.64. The van der Waals surface area contributed by atoms with E-state index in [9.17, 15) is 40.2 Å². The van der Waals surface area contributed by atoms with E-state index in [4.69, 9.17) is 9.47 Å². The number of rotatable bonds is 8. The molecule has 1 aromatic carbocycles. The summed E-state index contributed by atoms with van der Waals surface area (Å²) < 4.78 is 11.2. The third-order valence-corrected chi connectivity index (χ3v) is 8.69. The van der Waals surface area contributed by atoms with Crippen molar-refractivity contribution in [3.8, 4) is 5.75 Å². The number of ether oxygens (including phenoxy) is 2. The van der Waals surface area contributed by atoms with Crippen LogP contribution in [0.25, 0.3) is 0 Å². The quantitative estimate of drug-likeness (QED) is 0.233. The molecule has 3 aliphatic carbocycles. The Morgan fingerprint density at radius 2 is 1.78 bits per heavy atom. The molecule has 8 atom stereocenters. The van der Waals surface area contributed by atoms with E-state index in [0.29, 0.717) is 24.9 Å². The number of carbonyl (C=O) groups excluding carboxylic acids is 2. The van der Waals surface area contributed by atoms with Gasteiger partial charge < -0.3 is 45.4 Å². The van der Waals surface area contributed by atoms with Crippen LogP contribution in [0, 0.1) is 17.8 Å². The van der Waals surface area contributed by atoms with Crippen LogP contribution in [-0.2, 0) is 4.74 Å². The molecule has 41 heavy (non-hydrogen) atoms. The largest absolute Gasteiger partial charge is 0.511 e. The summed E-state index contributed by atoms with van der Waals surface area (Å²) in [5.74, 6) is -2.71. The van der Waals surface area contributed by atoms with E-state index in [1.165, 1.54) is 18.2 Å². The van der Waals surface area contributed by atoms with E-state index in [2.05, 4.69) is 5.32 Å². The van der Waals surface area contributed by atoms with Gasteiger partial charge in [0, 0.05) is 18.2 Å². The van der Waals surface area contributed by atoms with Gasteiger partial charge in [0.25, 0.3) is 0 Å². The Bertz CT molecular complexity index is 1200. The normalized spacial score (nSPS) is 36.1. The fourth-order valence-electron chi connectivity index (χ4n) is 6.45. The first-order chi connectivity index (χ1) is 19.6. The molecular formula is C30H39NO10. The van der Waals surface area contributed by atoms with E-state index in [1.807, 2.05) is 0 Å². The Morgan fingerprint density at radius 3 is 2.46 bits per heavy atom. The summed E-state index contributed by atoms with van der Waals surface area (Å²) in [6.45, 7) is 1.67. The average molecular weight is 574 g/mol. The SMILES string of the molecule is C[C@H](O)CNC1CCC(CC2=C[C@@H]3C(=O)c4cccc(O[C@@H]5O[C@H](CO)[C@@H](O)[C@H](O)[C@H]5O)c4C(=O)[C@@H]3C(O)=C2)CC1. The van der Waals surface area contributed by atoms with Gasteiger partial charge in [0.2, 0.25) is 6.29 Å². The molecule has 0 bridgehead atoms. The molecule has 1 heterocycles. The van der Waals surface area contributed by atoms with Crippen molar-refractivity contribution in [2.75, 3.05) is 13.2 Å². The van der Waals surface area contributed by atoms with Crippen LogP contribution in [0.15, 0.2) is 41.7 Å². The third-order valence-electron chi connectivity index (χ3n) is 8.69. The highest BCUT2D eigenvalue weighted by molar-refractivity contribution is 6.19. The molecule has 11 nitrogen and oxygen atoms in total. The Kier molecular flexibility index (Phi) is 8.95. The number of Topliss-reactive ketones (excluding diaryl/α,β-unsaturated/α-hetero) is 2. The summed E-state index contributed by atoms with van der Waals surface area (Å²) >= 11 is 0. The molecule has 0 amide bonds. The lowest BCUT2D eigenvalue weighted by Crippen LogP contribution is -2.60. The van der Waals surface area contributed by atoms with Crippen molar-refractivity contribution in [2.45, 2.75) is 81.9 Å². The second-order valence-electron chi connectivity index (χ2n) is 11.7. The number of fused-ring (bicyclic) bond motifs is 2. The number of aliphatic hydroxyl groups excluding tert-OH is 6. The minimum atomic E-state index is -1.69. The number of allylic oxidation sites excluding steroid dienone is 4. The van der Waals surface area contributed by atoms with E-state index in [1.54, 1.807) is 19.1 Å². The Labute approximate surface area is 238 Å². The van der Waals surface area contributed by atoms with E-state index in [0.717, 1.165) is 31.3 Å². The van der Waals surface area contributed by atoms with Crippen molar-refractivity contribution in [2.24, 2.45) is 17.8 Å². The molecule has 0 aromatic heterocycles. The van der Waals surface area contributed by atoms with E-state index >= 15 is 0 Å². The first-order valence-corrected chi connectivity index (χ1v) is 14.3. The summed E-state index contributed by atoms with van der Waals surface area (Å²) in [4.78, 5) is 27.4. The molecule has 1 aliphatic heterocycles. The molecule has 7 N–H and O–H groups in total. The second kappa shape index (κ2) is 12.3. The van der Waals surface area contributed by atoms with Gasteiger partial charge in [-0.05, 0) is 62.7 Å². The maximum absolute atomic E-state index is 13.7. The predicted octanol–water partition coefficient (Wildman–Crippen LogP) is 0.778. The Balaban J connectivity index is 1.32. The fourth-order valence-corrected chi connectivity index (χ4v) is 6.45. The molecule has 0 unspecified atom stereocenters. The zero-order chi connectivity index (χ0) is 29.4. The highest BCUT2D eigenvalue weighted by atomic mass is 16.7. The summed E-state index contributed by atoms with van der Waals surface area (Å²) in [7, 11) is 0. The van der Waals surface area contributed by atoms with Gasteiger partial charge in [-0.15, -0.1) is 0 Å². The van der Waals surface area contributed by atoms with Crippen LogP contribution in [0.1, 0.15) is 59.7 Å². The minimum Gasteiger partial charge on any atom is -0.511 e. The molecule has 224 valence electrons. The van der Waals surface area contributed by atoms with Gasteiger partial charge in [-0.25, -0.2) is 0 Å². The van der Waals surface area contributed by atoms with Gasteiger partial charge in [-0.2, -0.15) is 0 Å². The van der Waals surface area contributed by atoms with Crippen LogP contribution >= 0.6 is 0 Å². The molecule has 1 saturated heterocycles. The molecular weight excluding hydrogens is 534 g/mol. The van der Waals surface area contributed by atoms with Crippen LogP contribution < -0.4 is 10.1 Å². The van der Waals surface area contributed by atoms with Crippen molar-refractivity contribution >= 4 is 11.6 Å². The van der Waals surface area contributed by atoms with Crippen molar-refractivity contribution in [1.82, 2.24) is 5.32 Å². The highest BCUT2D eigenvalue weighted by Crippen LogP contribution is 2.43. The number of benzene rings is 1. The molecule has 1 saturated carbocycles. The summed E-state index contributed by atoms with van der Waals surface area (Å²) in [5.41, 5.74) is 0.881. The second-order valence-corrected chi connectivity index (χ2v) is 11.7. The highest BCUT2D eigenvalue weighted by Gasteiger charge is 2.48. The third kappa shape index (κ3) is 5.98. The standard InChI is InChI=1S/C30H39NO10/c1-14(33)12-31-17-7-5-15(6-8-17)9-16-10-19-23(20(34)11-16)27(37)24-18(25(19)35)3-2-4-21(24)40-30-29(39)28(38)26(36)22(13-32)41-30/h2-4,10-11,14-15,17,19,22-23,26,28-34,36,38-39H,5-9,12-13H2,1H3/t14-,15?,17?,19-,22+,23-,26+,28-,29+,30+/m0/s1. The number of aliphatic hydroxyl groups is 6. The zero-order valence-electron chi connectivity index (χ0n) is 22.9. The van der Waals surface area contributed by atoms with Crippen molar-refractivity contribution in [3.63, 3.8) is 0 Å². The van der Waals surface area contributed by atoms with Gasteiger partial charge >= 0.3 is 0 Å². The summed E-state index contributed by atoms with van der Waals surface area (Å²) in [6.07, 6.45) is -0.0906. The Morgan fingerprint density at radius 1 is 1.05 bits per heavy atom. The summed E-state index contributed by atoms with van der Waals surface area (Å²) in [6, 6.07) is 4.82. The van der Waals surface area contributed by atoms with Gasteiger partial charge in [-0.3, -0.25) is 9.59 Å². The molecule has 1 aromatic rings. The van der Waals surface area contributed by atoms with Crippen LogP contribution in [0.4, 0.5) is 0 Å². The molecule has 11 heteroatoms. The minimum absolute atomic E-state index is 0.0597. The number of nitrogens with one attached hydrogen (secondary N) is 1. The smallest absolute Gasteiger partial charge is 0.229 e. The molecule has 0 spiro atoms. The van der Waals surface area contributed by atoms with Crippen LogP contribution in [-0.4, -0.2) is 98.2 Å². The first kappa shape index (κ1) is 29.8. The van der Waals surface area contributed by atoms with E-state index < -0.39 is 61.0 Å². The topological polar surface area (TPSA) is 186 Å². The number of ketones is 2. The monoisotopic (exact) mass is 573 g/mol. The van der Waals surface area contributed by atoms with Crippen LogP contribution in [0.2, 0.25) is 0 Å². The molecule has 4 aliphatic rings. The average Bonchev–Trinajstić information content (AvgIpc) is 2.95. The van der Waals surface area contributed by atoms with Gasteiger partial charge in [0.05, 0.1) is 30.1 Å². The van der Waals surface area contributed by atoms with E-state index in [-0.39, 0.29) is 28.4 Å². The number of hydrogen-bond acceptors (Lipinski definition) is 11. The first-order valence-electron chi connectivity index (χ1n) is 14.3. The molecule has 2 fully saturated rings. The maximum atomic E-state index is 13.7.